The Hall–Kier alpha value is -4.18. The maximum Gasteiger partial charge on any atom is 0.237 e. The van der Waals surface area contributed by atoms with E-state index in [-0.39, 0.29) is 11.1 Å². The normalized spacial score (nSPS) is 16.2. The third-order valence-electron chi connectivity index (χ3n) is 7.61. The van der Waals surface area contributed by atoms with Gasteiger partial charge in [-0.1, -0.05) is 13.8 Å². The molecule has 9 nitrogen and oxygen atoms in total. The highest BCUT2D eigenvalue weighted by Gasteiger charge is 2.31. The van der Waals surface area contributed by atoms with E-state index >= 15 is 4.39 Å². The van der Waals surface area contributed by atoms with Crippen LogP contribution in [-0.4, -0.2) is 53.7 Å². The Labute approximate surface area is 226 Å². The second-order valence-electron chi connectivity index (χ2n) is 10.9. The molecule has 4 aromatic rings. The lowest BCUT2D eigenvalue weighted by Crippen LogP contribution is -2.39. The van der Waals surface area contributed by atoms with Crippen LogP contribution in [0.3, 0.4) is 0 Å². The number of nitrogens with zero attached hydrogens (tertiary/aromatic N) is 4. The highest BCUT2D eigenvalue weighted by molar-refractivity contribution is 5.96. The van der Waals surface area contributed by atoms with Crippen LogP contribution in [0.4, 0.5) is 27.4 Å². The minimum absolute atomic E-state index is 0.00306. The summed E-state index contributed by atoms with van der Waals surface area (Å²) in [5.41, 5.74) is 12.5. The number of hydrogen-bond acceptors (Lipinski definition) is 9. The first-order valence-electron chi connectivity index (χ1n) is 12.9. The molecule has 0 saturated carbocycles. The largest absolute Gasteiger partial charge is 0.495 e. The number of methoxy groups -OCH3 is 1. The van der Waals surface area contributed by atoms with Crippen LogP contribution in [-0.2, 0) is 12.0 Å². The van der Waals surface area contributed by atoms with E-state index in [1.807, 2.05) is 6.92 Å². The average molecular weight is 530 g/mol. The van der Waals surface area contributed by atoms with Gasteiger partial charge >= 0.3 is 0 Å². The van der Waals surface area contributed by atoms with Crippen LogP contribution in [0.2, 0.25) is 0 Å². The van der Waals surface area contributed by atoms with Crippen molar-refractivity contribution in [2.24, 2.45) is 0 Å². The number of halogens is 1. The fourth-order valence-corrected chi connectivity index (χ4v) is 5.80. The van der Waals surface area contributed by atoms with Gasteiger partial charge in [0.25, 0.3) is 0 Å². The van der Waals surface area contributed by atoms with Gasteiger partial charge in [0.05, 0.1) is 24.0 Å². The number of nitrogens with one attached hydrogen (secondary N) is 2. The lowest BCUT2D eigenvalue weighted by molar-refractivity contribution is 0.235. The molecular formula is C29H32FN7O2. The van der Waals surface area contributed by atoms with Crippen LogP contribution in [0.1, 0.15) is 30.5 Å². The number of nitrogens with two attached hydrogens (primary N) is 1. The SMILES string of the molecule is COc1cc2c(cc1Nc1ncc3c(N)c(F)c(-c4cnc5c(c4C)NCCO5)cc3n1)CN(C)CC2(C)C. The summed E-state index contributed by atoms with van der Waals surface area (Å²) in [5.74, 6) is 1.05. The summed E-state index contributed by atoms with van der Waals surface area (Å²) in [6, 6.07) is 5.89. The molecule has 4 heterocycles. The van der Waals surface area contributed by atoms with Crippen molar-refractivity contribution in [1.82, 2.24) is 19.9 Å². The van der Waals surface area contributed by atoms with Gasteiger partial charge in [-0.2, -0.15) is 0 Å². The molecule has 2 aromatic heterocycles. The molecular weight excluding hydrogens is 497 g/mol. The van der Waals surface area contributed by atoms with Gasteiger partial charge in [0.1, 0.15) is 18.0 Å². The molecule has 0 saturated heterocycles. The number of hydrogen-bond donors (Lipinski definition) is 3. The number of aromatic nitrogens is 3. The predicted octanol–water partition coefficient (Wildman–Crippen LogP) is 5.00. The van der Waals surface area contributed by atoms with E-state index in [1.54, 1.807) is 25.6 Å². The number of benzene rings is 2. The summed E-state index contributed by atoms with van der Waals surface area (Å²) in [4.78, 5) is 15.9. The third-order valence-corrected chi connectivity index (χ3v) is 7.61. The first-order chi connectivity index (χ1) is 18.7. The average Bonchev–Trinajstić information content (AvgIpc) is 2.90. The smallest absolute Gasteiger partial charge is 0.237 e. The fourth-order valence-electron chi connectivity index (χ4n) is 5.80. The van der Waals surface area contributed by atoms with Crippen LogP contribution in [0.25, 0.3) is 22.0 Å². The number of rotatable bonds is 4. The van der Waals surface area contributed by atoms with Gasteiger partial charge in [0, 0.05) is 54.0 Å². The van der Waals surface area contributed by atoms with Gasteiger partial charge in [-0.05, 0) is 48.9 Å². The highest BCUT2D eigenvalue weighted by Crippen LogP contribution is 2.41. The quantitative estimate of drug-likeness (QED) is 0.315. The van der Waals surface area contributed by atoms with E-state index in [2.05, 4.69) is 58.5 Å². The van der Waals surface area contributed by atoms with E-state index in [1.165, 1.54) is 11.1 Å². The molecule has 6 rings (SSSR count). The molecule has 0 spiro atoms. The van der Waals surface area contributed by atoms with Crippen LogP contribution in [0, 0.1) is 12.7 Å². The number of likely N-dealkylation sites (N-methyl/N-ethyl adjacent to an activating group) is 1. The molecule has 0 atom stereocenters. The van der Waals surface area contributed by atoms with Crippen LogP contribution < -0.4 is 25.8 Å². The number of ether oxygens (including phenoxy) is 2. The zero-order valence-corrected chi connectivity index (χ0v) is 22.8. The van der Waals surface area contributed by atoms with Gasteiger partial charge < -0.3 is 30.7 Å². The maximum atomic E-state index is 15.5. The molecule has 2 aliphatic rings. The maximum absolute atomic E-state index is 15.5. The van der Waals surface area contributed by atoms with Gasteiger partial charge in [0.2, 0.25) is 11.8 Å². The van der Waals surface area contributed by atoms with E-state index in [9.17, 15) is 0 Å². The van der Waals surface area contributed by atoms with Crippen molar-refractivity contribution in [3.8, 4) is 22.8 Å². The molecule has 0 fully saturated rings. The number of fused-ring (bicyclic) bond motifs is 3. The van der Waals surface area contributed by atoms with Crippen molar-refractivity contribution in [2.75, 3.05) is 50.2 Å². The molecule has 2 aliphatic heterocycles. The topological polar surface area (TPSA) is 110 Å². The monoisotopic (exact) mass is 529 g/mol. The lowest BCUT2D eigenvalue weighted by atomic mass is 9.78. The third kappa shape index (κ3) is 4.24. The first-order valence-corrected chi connectivity index (χ1v) is 12.9. The van der Waals surface area contributed by atoms with Crippen molar-refractivity contribution in [3.63, 3.8) is 0 Å². The zero-order chi connectivity index (χ0) is 27.5. The fraction of sp³-hybridized carbons (Fsp3) is 0.345. The van der Waals surface area contributed by atoms with E-state index in [4.69, 9.17) is 20.2 Å². The lowest BCUT2D eigenvalue weighted by Gasteiger charge is -2.38. The molecule has 10 heteroatoms. The Balaban J connectivity index is 1.42. The highest BCUT2D eigenvalue weighted by atomic mass is 19.1. The van der Waals surface area contributed by atoms with E-state index in [0.29, 0.717) is 52.8 Å². The second kappa shape index (κ2) is 9.23. The molecule has 2 aromatic carbocycles. The minimum Gasteiger partial charge on any atom is -0.495 e. The van der Waals surface area contributed by atoms with E-state index in [0.717, 1.165) is 30.0 Å². The first kappa shape index (κ1) is 25.1. The number of anilines is 4. The van der Waals surface area contributed by atoms with Crippen LogP contribution >= 0.6 is 0 Å². The van der Waals surface area contributed by atoms with Crippen molar-refractivity contribution in [2.45, 2.75) is 32.7 Å². The summed E-state index contributed by atoms with van der Waals surface area (Å²) in [7, 11) is 3.78. The van der Waals surface area contributed by atoms with Crippen molar-refractivity contribution >= 4 is 33.9 Å². The summed E-state index contributed by atoms with van der Waals surface area (Å²) < 4.78 is 26.9. The zero-order valence-electron chi connectivity index (χ0n) is 22.8. The standard InChI is InChI=1S/C29H32FN7O2/c1-15-18(11-33-27-26(15)32-6-7-39-27)17-9-21-19(25(31)24(17)30)12-34-28(35-21)36-22-8-16-13-37(4)14-29(2,3)20(16)10-23(22)38-5/h8-12,32H,6-7,13-14,31H2,1-5H3,(H,34,35,36). The Kier molecular flexibility index (Phi) is 5.95. The summed E-state index contributed by atoms with van der Waals surface area (Å²) in [6.45, 7) is 9.38. The summed E-state index contributed by atoms with van der Waals surface area (Å²) in [6.07, 6.45) is 3.16. The molecule has 4 N–H and O–H groups in total. The predicted molar refractivity (Wildman–Crippen MR) is 151 cm³/mol. The van der Waals surface area contributed by atoms with Gasteiger partial charge in [-0.3, -0.25) is 0 Å². The second-order valence-corrected chi connectivity index (χ2v) is 10.9. The molecule has 39 heavy (non-hydrogen) atoms. The Morgan fingerprint density at radius 1 is 1.18 bits per heavy atom. The van der Waals surface area contributed by atoms with Gasteiger partial charge in [0.15, 0.2) is 5.82 Å². The van der Waals surface area contributed by atoms with Crippen molar-refractivity contribution < 1.29 is 13.9 Å². The Morgan fingerprint density at radius 3 is 2.79 bits per heavy atom. The molecule has 0 radical (unpaired) electrons. The summed E-state index contributed by atoms with van der Waals surface area (Å²) >= 11 is 0. The molecule has 202 valence electrons. The van der Waals surface area contributed by atoms with Crippen LogP contribution in [0.15, 0.2) is 30.6 Å². The summed E-state index contributed by atoms with van der Waals surface area (Å²) in [5, 5.41) is 7.05. The molecule has 0 unspecified atom stereocenters. The van der Waals surface area contributed by atoms with Crippen LogP contribution in [0.5, 0.6) is 11.6 Å². The number of pyridine rings is 1. The molecule has 0 aliphatic carbocycles. The number of nitrogen functional groups attached to an aromatic ring is 1. The van der Waals surface area contributed by atoms with Gasteiger partial charge in [-0.15, -0.1) is 0 Å². The Morgan fingerprint density at radius 2 is 2.00 bits per heavy atom. The molecule has 0 amide bonds. The van der Waals surface area contributed by atoms with E-state index < -0.39 is 5.82 Å². The molecule has 0 bridgehead atoms. The minimum atomic E-state index is -0.531. The Bertz CT molecular complexity index is 1620. The van der Waals surface area contributed by atoms with Gasteiger partial charge in [-0.25, -0.2) is 19.3 Å². The van der Waals surface area contributed by atoms with Crippen molar-refractivity contribution in [1.29, 1.82) is 0 Å². The van der Waals surface area contributed by atoms with Crippen molar-refractivity contribution in [3.05, 3.63) is 53.1 Å².